The van der Waals surface area contributed by atoms with Crippen LogP contribution in [0.5, 0.6) is 17.2 Å². The monoisotopic (exact) mass is 542 g/mol. The van der Waals surface area contributed by atoms with Gasteiger partial charge in [-0.1, -0.05) is 16.7 Å². The number of nitrogens with one attached hydrogen (secondary N) is 1. The molecule has 0 atom stereocenters. The third kappa shape index (κ3) is 5.22. The minimum Gasteiger partial charge on any atom is -0.493 e. The lowest BCUT2D eigenvalue weighted by Crippen LogP contribution is -2.41. The van der Waals surface area contributed by atoms with Gasteiger partial charge in [-0.05, 0) is 37.1 Å². The van der Waals surface area contributed by atoms with Crippen LogP contribution >= 0.6 is 22.9 Å². The molecule has 188 valence electrons. The summed E-state index contributed by atoms with van der Waals surface area (Å²) in [6.45, 7) is 0.437. The summed E-state index contributed by atoms with van der Waals surface area (Å²) in [4.78, 5) is 12.7. The molecule has 0 unspecified atom stereocenters. The molecule has 1 N–H and O–H groups in total. The fourth-order valence-corrected chi connectivity index (χ4v) is 6.83. The van der Waals surface area contributed by atoms with E-state index in [1.165, 1.54) is 31.7 Å². The highest BCUT2D eigenvalue weighted by atomic mass is 35.5. The quantitative estimate of drug-likeness (QED) is 0.453. The van der Waals surface area contributed by atoms with Crippen molar-refractivity contribution in [2.45, 2.75) is 17.1 Å². The topological polar surface area (TPSA) is 133 Å². The van der Waals surface area contributed by atoms with Crippen molar-refractivity contribution in [1.29, 1.82) is 0 Å². The number of piperidine rings is 1. The molecule has 1 saturated heterocycles. The lowest BCUT2D eigenvalue weighted by atomic mass is 9.97. The van der Waals surface area contributed by atoms with Gasteiger partial charge in [-0.2, -0.15) is 4.31 Å². The zero-order chi connectivity index (χ0) is 25.2. The number of hydrogen-bond acceptors (Lipinski definition) is 10. The van der Waals surface area contributed by atoms with Gasteiger partial charge in [-0.3, -0.25) is 10.1 Å². The molecule has 0 bridgehead atoms. The third-order valence-electron chi connectivity index (χ3n) is 5.53. The summed E-state index contributed by atoms with van der Waals surface area (Å²) < 4.78 is 49.1. The second-order valence-electron chi connectivity index (χ2n) is 7.55. The van der Waals surface area contributed by atoms with E-state index in [2.05, 4.69) is 15.5 Å². The van der Waals surface area contributed by atoms with E-state index in [1.54, 1.807) is 18.2 Å². The number of carbonyl (C=O) groups is 1. The summed E-state index contributed by atoms with van der Waals surface area (Å²) in [5, 5.41) is 10.5. The van der Waals surface area contributed by atoms with Gasteiger partial charge in [0.1, 0.15) is 4.21 Å². The predicted molar refractivity (Wildman–Crippen MR) is 129 cm³/mol. The minimum atomic E-state index is -3.63. The minimum absolute atomic E-state index is 0.0676. The number of nitrogens with zero attached hydrogens (tertiary/aromatic N) is 3. The number of aromatic nitrogens is 2. The molecule has 0 radical (unpaired) electrons. The van der Waals surface area contributed by atoms with E-state index in [9.17, 15) is 13.2 Å². The molecule has 0 spiro atoms. The van der Waals surface area contributed by atoms with E-state index in [1.807, 2.05) is 0 Å². The smallest absolute Gasteiger partial charge is 0.322 e. The molecule has 1 aliphatic rings. The number of sulfonamides is 1. The van der Waals surface area contributed by atoms with Crippen LogP contribution in [0.15, 0.2) is 32.9 Å². The Morgan fingerprint density at radius 2 is 1.77 bits per heavy atom. The number of ether oxygens (including phenoxy) is 3. The maximum absolute atomic E-state index is 12.8. The molecular formula is C21H23ClN4O7S2. The molecule has 3 aromatic rings. The van der Waals surface area contributed by atoms with Crippen molar-refractivity contribution in [3.8, 4) is 28.7 Å². The molecular weight excluding hydrogens is 520 g/mol. The van der Waals surface area contributed by atoms with Gasteiger partial charge in [0.15, 0.2) is 11.5 Å². The second-order valence-corrected chi connectivity index (χ2v) is 11.4. The SMILES string of the molecule is COc1cc(-c2nnc(NC(=O)C3CCN(S(=O)(=O)c4ccc(Cl)s4)CC3)o2)cc(OC)c1OC. The number of carbonyl (C=O) groups excluding carboxylic acids is 1. The van der Waals surface area contributed by atoms with Crippen LogP contribution in [0.4, 0.5) is 6.01 Å². The molecule has 1 aromatic carbocycles. The number of methoxy groups -OCH3 is 3. The molecule has 0 saturated carbocycles. The number of rotatable bonds is 8. The fourth-order valence-electron chi connectivity index (χ4n) is 3.72. The Labute approximate surface area is 211 Å². The van der Waals surface area contributed by atoms with Crippen molar-refractivity contribution in [1.82, 2.24) is 14.5 Å². The van der Waals surface area contributed by atoms with Crippen molar-refractivity contribution < 1.29 is 31.8 Å². The number of thiophene rings is 1. The van der Waals surface area contributed by atoms with Crippen molar-refractivity contribution in [3.05, 3.63) is 28.6 Å². The molecule has 14 heteroatoms. The van der Waals surface area contributed by atoms with E-state index >= 15 is 0 Å². The summed E-state index contributed by atoms with van der Waals surface area (Å²) in [6.07, 6.45) is 0.718. The van der Waals surface area contributed by atoms with Crippen LogP contribution in [0.25, 0.3) is 11.5 Å². The van der Waals surface area contributed by atoms with E-state index in [4.69, 9.17) is 30.2 Å². The highest BCUT2D eigenvalue weighted by molar-refractivity contribution is 7.91. The zero-order valence-electron chi connectivity index (χ0n) is 19.1. The number of amides is 1. The summed E-state index contributed by atoms with van der Waals surface area (Å²) in [7, 11) is 0.856. The van der Waals surface area contributed by atoms with Gasteiger partial charge >= 0.3 is 6.01 Å². The average Bonchev–Trinajstić information content (AvgIpc) is 3.52. The lowest BCUT2D eigenvalue weighted by molar-refractivity contribution is -0.121. The first-order valence-corrected chi connectivity index (χ1v) is 13.1. The second kappa shape index (κ2) is 10.4. The van der Waals surface area contributed by atoms with Crippen LogP contribution in [-0.2, 0) is 14.8 Å². The summed E-state index contributed by atoms with van der Waals surface area (Å²) in [6, 6.07) is 6.27. The Morgan fingerprint density at radius 3 is 2.31 bits per heavy atom. The largest absolute Gasteiger partial charge is 0.493 e. The maximum Gasteiger partial charge on any atom is 0.322 e. The Balaban J connectivity index is 1.40. The van der Waals surface area contributed by atoms with E-state index < -0.39 is 15.9 Å². The Morgan fingerprint density at radius 1 is 1.11 bits per heavy atom. The normalized spacial score (nSPS) is 15.1. The Bertz CT molecular complexity index is 1290. The van der Waals surface area contributed by atoms with Crippen LogP contribution in [0.1, 0.15) is 12.8 Å². The number of anilines is 1. The molecule has 3 heterocycles. The van der Waals surface area contributed by atoms with Gasteiger partial charge in [0, 0.05) is 24.6 Å². The Hall–Kier alpha value is -2.87. The van der Waals surface area contributed by atoms with Crippen molar-refractivity contribution in [2.75, 3.05) is 39.7 Å². The maximum atomic E-state index is 12.8. The average molecular weight is 543 g/mol. The molecule has 4 rings (SSSR count). The van der Waals surface area contributed by atoms with Crippen LogP contribution in [0, 0.1) is 5.92 Å². The molecule has 2 aromatic heterocycles. The van der Waals surface area contributed by atoms with Crippen molar-refractivity contribution >= 4 is 44.9 Å². The van der Waals surface area contributed by atoms with Crippen LogP contribution in [0.3, 0.4) is 0 Å². The first kappa shape index (κ1) is 25.2. The molecule has 1 amide bonds. The van der Waals surface area contributed by atoms with Crippen LogP contribution in [-0.4, -0.2) is 63.2 Å². The summed E-state index contributed by atoms with van der Waals surface area (Å²) in [5.74, 6) is 0.679. The van der Waals surface area contributed by atoms with Gasteiger partial charge < -0.3 is 18.6 Å². The fraction of sp³-hybridized carbons (Fsp3) is 0.381. The number of hydrogen-bond donors (Lipinski definition) is 1. The third-order valence-corrected chi connectivity index (χ3v) is 9.13. The number of benzene rings is 1. The van der Waals surface area contributed by atoms with Gasteiger partial charge in [0.05, 0.1) is 25.7 Å². The molecule has 35 heavy (non-hydrogen) atoms. The molecule has 1 fully saturated rings. The van der Waals surface area contributed by atoms with E-state index in [0.717, 1.165) is 11.3 Å². The van der Waals surface area contributed by atoms with Gasteiger partial charge in [0.25, 0.3) is 10.0 Å². The van der Waals surface area contributed by atoms with Gasteiger partial charge in [0.2, 0.25) is 17.5 Å². The highest BCUT2D eigenvalue weighted by Gasteiger charge is 2.33. The van der Waals surface area contributed by atoms with Crippen LogP contribution < -0.4 is 19.5 Å². The first-order valence-electron chi connectivity index (χ1n) is 10.5. The van der Waals surface area contributed by atoms with Gasteiger partial charge in [-0.25, -0.2) is 8.42 Å². The lowest BCUT2D eigenvalue weighted by Gasteiger charge is -2.29. The molecule has 1 aliphatic heterocycles. The molecule has 0 aliphatic carbocycles. The standard InChI is InChI=1S/C21H23ClN4O7S2/c1-30-14-10-13(11-15(31-2)18(14)32-3)20-24-25-21(33-20)23-19(27)12-6-8-26(9-7-12)35(28,29)17-5-4-16(22)34-17/h4-5,10-12H,6-9H2,1-3H3,(H,23,25,27). The summed E-state index contributed by atoms with van der Waals surface area (Å²) in [5.41, 5.74) is 0.514. The summed E-state index contributed by atoms with van der Waals surface area (Å²) >= 11 is 6.89. The van der Waals surface area contributed by atoms with Crippen LogP contribution in [0.2, 0.25) is 4.34 Å². The van der Waals surface area contributed by atoms with Crippen molar-refractivity contribution in [3.63, 3.8) is 0 Å². The predicted octanol–water partition coefficient (Wildman–Crippen LogP) is 3.52. The molecule has 11 nitrogen and oxygen atoms in total. The Kier molecular flexibility index (Phi) is 7.50. The highest BCUT2D eigenvalue weighted by Crippen LogP contribution is 2.41. The zero-order valence-corrected chi connectivity index (χ0v) is 21.5. The first-order chi connectivity index (χ1) is 16.8. The van der Waals surface area contributed by atoms with Gasteiger partial charge in [-0.15, -0.1) is 16.4 Å². The number of halogens is 1. The van der Waals surface area contributed by atoms with E-state index in [-0.39, 0.29) is 35.1 Å². The van der Waals surface area contributed by atoms with Crippen molar-refractivity contribution in [2.24, 2.45) is 5.92 Å². The van der Waals surface area contributed by atoms with E-state index in [0.29, 0.717) is 40.0 Å².